The average Bonchev–Trinajstić information content (AvgIpc) is 3.21. The molecular weight excluding hydrogens is 841 g/mol. The number of nitrogens with one attached hydrogen (secondary N) is 8. The lowest BCUT2D eigenvalue weighted by atomic mass is 10.2. The number of anilines is 6. The number of amides is 8. The number of carbonyl (C=O) groups is 4. The minimum atomic E-state index is -4.31. The molecule has 0 spiro atoms. The van der Waals surface area contributed by atoms with Crippen molar-refractivity contribution in [3.8, 4) is 0 Å². The van der Waals surface area contributed by atoms with Crippen molar-refractivity contribution in [2.24, 2.45) is 0 Å². The summed E-state index contributed by atoms with van der Waals surface area (Å²) in [6.45, 7) is 3.83. The zero-order valence-corrected chi connectivity index (χ0v) is 34.8. The monoisotopic (exact) mass is 878 g/mol. The maximum absolute atomic E-state index is 13.0. The molecule has 0 heterocycles. The van der Waals surface area contributed by atoms with Gasteiger partial charge in [0, 0.05) is 43.9 Å². The molecule has 61 heavy (non-hydrogen) atoms. The maximum atomic E-state index is 13.0. The second kappa shape index (κ2) is 19.1. The van der Waals surface area contributed by atoms with E-state index < -0.39 is 44.2 Å². The second-order valence-electron chi connectivity index (χ2n) is 13.2. The summed E-state index contributed by atoms with van der Waals surface area (Å²) in [4.78, 5) is 51.2. The number of aryl methyl sites for hydroxylation is 2. The molecule has 0 bridgehead atoms. The Morgan fingerprint density at radius 3 is 1.02 bits per heavy atom. The van der Waals surface area contributed by atoms with Gasteiger partial charge in [0.2, 0.25) is 0 Å². The molecule has 0 atom stereocenters. The van der Waals surface area contributed by atoms with E-state index in [1.807, 2.05) is 47.6 Å². The standard InChI is InChI=1S/C42H38N8O8S3/c1-27-9-13-29(14-10-27)43-39(51)47-33-5-3-7-37(25-33)60(55,56)49-41(53)45-31-17-21-35(22-18-31)59-36-23-19-32(20-24-36)46-42(54)50-61(57,58)38-8-4-6-34(26-38)48-40(52)44-30-15-11-28(2)12-16-30/h3-26H,1-2H3,(H2,43,47,51)(H2,44,48,52)(H2,45,49,53)(H2,46,50,54). The van der Waals surface area contributed by atoms with Crippen molar-refractivity contribution >= 4 is 90.1 Å². The van der Waals surface area contributed by atoms with Crippen LogP contribution in [0.3, 0.4) is 0 Å². The SMILES string of the molecule is Cc1ccc(NC(=O)Nc2cccc(S(=O)(=O)NC(=O)Nc3ccc(Sc4ccc(NC(=O)NS(=O)(=O)c5cccc(NC(=O)Nc6ccc(C)cc6)c5)cc4)cc3)c2)cc1. The van der Waals surface area contributed by atoms with Crippen molar-refractivity contribution in [3.63, 3.8) is 0 Å². The van der Waals surface area contributed by atoms with Crippen LogP contribution in [0.2, 0.25) is 0 Å². The van der Waals surface area contributed by atoms with Gasteiger partial charge in [-0.25, -0.2) is 45.5 Å². The number of hydrogen-bond acceptors (Lipinski definition) is 9. The van der Waals surface area contributed by atoms with Gasteiger partial charge < -0.3 is 31.9 Å². The molecule has 6 rings (SSSR count). The fourth-order valence-corrected chi connectivity index (χ4v) is 8.09. The van der Waals surface area contributed by atoms with E-state index in [4.69, 9.17) is 0 Å². The third-order valence-electron chi connectivity index (χ3n) is 8.34. The van der Waals surface area contributed by atoms with Crippen molar-refractivity contribution in [1.29, 1.82) is 0 Å². The summed E-state index contributed by atoms with van der Waals surface area (Å²) in [6.07, 6.45) is 0. The Bertz CT molecular complexity index is 2600. The van der Waals surface area contributed by atoms with E-state index in [1.165, 1.54) is 60.3 Å². The van der Waals surface area contributed by atoms with Crippen LogP contribution in [0.5, 0.6) is 0 Å². The summed E-state index contributed by atoms with van der Waals surface area (Å²) in [5.74, 6) is 0. The minimum absolute atomic E-state index is 0.193. The first kappa shape index (κ1) is 43.2. The van der Waals surface area contributed by atoms with Gasteiger partial charge in [-0.2, -0.15) is 0 Å². The normalized spacial score (nSPS) is 11.0. The van der Waals surface area contributed by atoms with Crippen LogP contribution in [0.15, 0.2) is 165 Å². The molecule has 0 saturated heterocycles. The van der Waals surface area contributed by atoms with Gasteiger partial charge in [-0.3, -0.25) is 0 Å². The second-order valence-corrected chi connectivity index (χ2v) is 17.7. The van der Waals surface area contributed by atoms with Crippen LogP contribution in [0.1, 0.15) is 11.1 Å². The first-order valence-corrected chi connectivity index (χ1v) is 21.9. The highest BCUT2D eigenvalue weighted by atomic mass is 32.2. The van der Waals surface area contributed by atoms with Crippen LogP contribution in [0, 0.1) is 13.8 Å². The first-order valence-electron chi connectivity index (χ1n) is 18.1. The van der Waals surface area contributed by atoms with Gasteiger partial charge >= 0.3 is 24.1 Å². The van der Waals surface area contributed by atoms with E-state index in [2.05, 4.69) is 31.9 Å². The molecule has 0 radical (unpaired) electrons. The molecule has 8 amide bonds. The third kappa shape index (κ3) is 12.8. The minimum Gasteiger partial charge on any atom is -0.308 e. The largest absolute Gasteiger partial charge is 0.333 e. The molecule has 0 aliphatic rings. The molecule has 16 nitrogen and oxygen atoms in total. The Hall–Kier alpha value is -7.35. The smallest absolute Gasteiger partial charge is 0.308 e. The number of carbonyl (C=O) groups excluding carboxylic acids is 4. The zero-order chi connectivity index (χ0) is 43.6. The summed E-state index contributed by atoms with van der Waals surface area (Å²) in [5, 5.41) is 15.4. The highest BCUT2D eigenvalue weighted by Crippen LogP contribution is 2.30. The molecule has 0 unspecified atom stereocenters. The molecule has 0 aliphatic heterocycles. The Kier molecular flexibility index (Phi) is 13.6. The molecule has 0 aliphatic carbocycles. The topological polar surface area (TPSA) is 233 Å². The quantitative estimate of drug-likeness (QED) is 0.0586. The van der Waals surface area contributed by atoms with Gasteiger partial charge in [-0.05, 0) is 123 Å². The lowest BCUT2D eigenvalue weighted by Gasteiger charge is -2.12. The van der Waals surface area contributed by atoms with E-state index in [0.717, 1.165) is 20.9 Å². The predicted molar refractivity (Wildman–Crippen MR) is 236 cm³/mol. The third-order valence-corrected chi connectivity index (χ3v) is 12.0. The van der Waals surface area contributed by atoms with E-state index in [9.17, 15) is 36.0 Å². The first-order chi connectivity index (χ1) is 29.1. The van der Waals surface area contributed by atoms with Crippen LogP contribution in [0.25, 0.3) is 0 Å². The molecule has 0 aromatic heterocycles. The summed E-state index contributed by atoms with van der Waals surface area (Å²) in [5.41, 5.74) is 4.17. The highest BCUT2D eigenvalue weighted by molar-refractivity contribution is 7.99. The lowest BCUT2D eigenvalue weighted by molar-refractivity contribution is 0.255. The van der Waals surface area contributed by atoms with Gasteiger partial charge in [0.15, 0.2) is 0 Å². The van der Waals surface area contributed by atoms with Crippen LogP contribution in [-0.4, -0.2) is 41.0 Å². The Labute approximate surface area is 356 Å². The van der Waals surface area contributed by atoms with E-state index in [0.29, 0.717) is 22.7 Å². The predicted octanol–water partition coefficient (Wildman–Crippen LogP) is 8.76. The molecule has 6 aromatic carbocycles. The van der Waals surface area contributed by atoms with Crippen molar-refractivity contribution in [3.05, 3.63) is 157 Å². The van der Waals surface area contributed by atoms with Crippen LogP contribution in [0.4, 0.5) is 53.3 Å². The van der Waals surface area contributed by atoms with Gasteiger partial charge in [-0.15, -0.1) is 0 Å². The fraction of sp³-hybridized carbons (Fsp3) is 0.0476. The number of sulfonamides is 2. The van der Waals surface area contributed by atoms with Gasteiger partial charge in [0.25, 0.3) is 20.0 Å². The number of hydrogen-bond donors (Lipinski definition) is 8. The zero-order valence-electron chi connectivity index (χ0n) is 32.3. The Morgan fingerprint density at radius 2 is 0.672 bits per heavy atom. The molecule has 19 heteroatoms. The summed E-state index contributed by atoms with van der Waals surface area (Å²) in [7, 11) is -8.62. The lowest BCUT2D eigenvalue weighted by Crippen LogP contribution is -2.34. The molecule has 8 N–H and O–H groups in total. The number of urea groups is 4. The highest BCUT2D eigenvalue weighted by Gasteiger charge is 2.20. The summed E-state index contributed by atoms with van der Waals surface area (Å²) >= 11 is 1.35. The van der Waals surface area contributed by atoms with Crippen molar-refractivity contribution in [2.45, 2.75) is 33.4 Å². The average molecular weight is 879 g/mol. The summed E-state index contributed by atoms with van der Waals surface area (Å²) in [6, 6.07) is 35.1. The maximum Gasteiger partial charge on any atom is 0.333 e. The van der Waals surface area contributed by atoms with Gasteiger partial charge in [0.05, 0.1) is 9.79 Å². The van der Waals surface area contributed by atoms with Crippen LogP contribution in [-0.2, 0) is 20.0 Å². The van der Waals surface area contributed by atoms with Gasteiger partial charge in [0.1, 0.15) is 0 Å². The summed E-state index contributed by atoms with van der Waals surface area (Å²) < 4.78 is 55.8. The Morgan fingerprint density at radius 1 is 0.377 bits per heavy atom. The molecule has 0 saturated carbocycles. The van der Waals surface area contributed by atoms with Crippen LogP contribution >= 0.6 is 11.8 Å². The molecule has 6 aromatic rings. The van der Waals surface area contributed by atoms with E-state index >= 15 is 0 Å². The number of benzene rings is 6. The van der Waals surface area contributed by atoms with Gasteiger partial charge in [-0.1, -0.05) is 59.3 Å². The number of rotatable bonds is 12. The molecule has 0 fully saturated rings. The van der Waals surface area contributed by atoms with E-state index in [-0.39, 0.29) is 21.2 Å². The van der Waals surface area contributed by atoms with Crippen LogP contribution < -0.4 is 41.3 Å². The van der Waals surface area contributed by atoms with E-state index in [1.54, 1.807) is 72.8 Å². The molecule has 312 valence electrons. The molecular formula is C42H38N8O8S3. The fourth-order valence-electron chi connectivity index (χ4n) is 5.37. The van der Waals surface area contributed by atoms with Crippen molar-refractivity contribution in [1.82, 2.24) is 9.44 Å². The Balaban J connectivity index is 0.957. The van der Waals surface area contributed by atoms with Crippen molar-refractivity contribution in [2.75, 3.05) is 31.9 Å². The van der Waals surface area contributed by atoms with Crippen molar-refractivity contribution < 1.29 is 36.0 Å².